The van der Waals surface area contributed by atoms with Crippen LogP contribution in [0.15, 0.2) is 59.3 Å². The molecule has 0 bridgehead atoms. The second kappa shape index (κ2) is 6.84. The number of amides is 1. The van der Waals surface area contributed by atoms with Gasteiger partial charge in [0.2, 0.25) is 11.8 Å². The molecule has 2 aromatic heterocycles. The summed E-state index contributed by atoms with van der Waals surface area (Å²) in [5.74, 6) is 1.18. The number of piperidine rings is 1. The molecule has 25 heavy (non-hydrogen) atoms. The van der Waals surface area contributed by atoms with E-state index in [1.807, 2.05) is 47.4 Å². The van der Waals surface area contributed by atoms with E-state index in [4.69, 9.17) is 4.42 Å². The first-order chi connectivity index (χ1) is 12.3. The van der Waals surface area contributed by atoms with E-state index >= 15 is 0 Å². The van der Waals surface area contributed by atoms with Crippen LogP contribution in [-0.2, 0) is 0 Å². The molecule has 0 radical (unpaired) electrons. The van der Waals surface area contributed by atoms with Gasteiger partial charge in [0.1, 0.15) is 0 Å². The van der Waals surface area contributed by atoms with Crippen LogP contribution in [0.4, 0.5) is 0 Å². The Hall–Kier alpha value is -3.02. The van der Waals surface area contributed by atoms with E-state index < -0.39 is 0 Å². The third-order valence-electron chi connectivity index (χ3n) is 4.43. The summed E-state index contributed by atoms with van der Waals surface area (Å²) in [5.41, 5.74) is 1.51. The van der Waals surface area contributed by atoms with E-state index in [1.165, 1.54) is 0 Å². The third kappa shape index (κ3) is 3.28. The van der Waals surface area contributed by atoms with Gasteiger partial charge in [-0.1, -0.05) is 18.2 Å². The fourth-order valence-corrected chi connectivity index (χ4v) is 3.13. The van der Waals surface area contributed by atoms with Gasteiger partial charge in [0.15, 0.2) is 0 Å². The molecule has 1 saturated heterocycles. The molecule has 6 nitrogen and oxygen atoms in total. The maximum absolute atomic E-state index is 12.7. The van der Waals surface area contributed by atoms with Gasteiger partial charge < -0.3 is 9.32 Å². The summed E-state index contributed by atoms with van der Waals surface area (Å²) in [7, 11) is 0. The molecular formula is C19H18N4O2. The molecule has 0 spiro atoms. The molecule has 1 aromatic carbocycles. The van der Waals surface area contributed by atoms with Crippen LogP contribution in [0.5, 0.6) is 0 Å². The fraction of sp³-hybridized carbons (Fsp3) is 0.263. The number of nitrogens with zero attached hydrogens (tertiary/aromatic N) is 4. The van der Waals surface area contributed by atoms with Gasteiger partial charge in [-0.3, -0.25) is 9.78 Å². The second-order valence-corrected chi connectivity index (χ2v) is 6.14. The Balaban J connectivity index is 1.50. The number of hydrogen-bond acceptors (Lipinski definition) is 5. The summed E-state index contributed by atoms with van der Waals surface area (Å²) < 4.78 is 5.84. The van der Waals surface area contributed by atoms with Crippen LogP contribution < -0.4 is 0 Å². The molecule has 1 atom stereocenters. The number of aromatic nitrogens is 3. The Morgan fingerprint density at radius 3 is 2.80 bits per heavy atom. The molecule has 0 aliphatic carbocycles. The summed E-state index contributed by atoms with van der Waals surface area (Å²) in [4.78, 5) is 18.6. The number of carbonyl (C=O) groups is 1. The second-order valence-electron chi connectivity index (χ2n) is 6.14. The average Bonchev–Trinajstić information content (AvgIpc) is 3.19. The Morgan fingerprint density at radius 1 is 1.12 bits per heavy atom. The lowest BCUT2D eigenvalue weighted by Gasteiger charge is -2.31. The lowest BCUT2D eigenvalue weighted by Crippen LogP contribution is -2.39. The van der Waals surface area contributed by atoms with Crippen molar-refractivity contribution in [3.05, 3.63) is 66.3 Å². The first kappa shape index (κ1) is 15.5. The maximum atomic E-state index is 12.7. The number of carbonyl (C=O) groups excluding carboxylic acids is 1. The summed E-state index contributed by atoms with van der Waals surface area (Å²) >= 11 is 0. The minimum atomic E-state index is 0.0531. The quantitative estimate of drug-likeness (QED) is 0.736. The normalized spacial score (nSPS) is 17.4. The smallest absolute Gasteiger partial charge is 0.253 e. The van der Waals surface area contributed by atoms with E-state index in [2.05, 4.69) is 15.2 Å². The fourth-order valence-electron chi connectivity index (χ4n) is 3.13. The van der Waals surface area contributed by atoms with Crippen molar-refractivity contribution in [2.24, 2.45) is 0 Å². The molecule has 6 heteroatoms. The molecule has 1 aliphatic heterocycles. The minimum Gasteiger partial charge on any atom is -0.420 e. The van der Waals surface area contributed by atoms with Crippen molar-refractivity contribution in [1.82, 2.24) is 20.1 Å². The molecule has 1 fully saturated rings. The van der Waals surface area contributed by atoms with E-state index in [0.29, 0.717) is 23.9 Å². The Kier molecular flexibility index (Phi) is 4.24. The SMILES string of the molecule is O=C(c1ccccc1)N1CCCC(c2nnc(-c3cccnc3)o2)C1. The predicted molar refractivity (Wildman–Crippen MR) is 91.8 cm³/mol. The molecule has 3 aromatic rings. The molecule has 1 amide bonds. The number of hydrogen-bond donors (Lipinski definition) is 0. The van der Waals surface area contributed by atoms with Gasteiger partial charge >= 0.3 is 0 Å². The summed E-state index contributed by atoms with van der Waals surface area (Å²) in [5, 5.41) is 8.33. The van der Waals surface area contributed by atoms with Gasteiger partial charge in [-0.2, -0.15) is 0 Å². The zero-order valence-corrected chi connectivity index (χ0v) is 13.7. The largest absolute Gasteiger partial charge is 0.420 e. The monoisotopic (exact) mass is 334 g/mol. The standard InChI is InChI=1S/C19H18N4O2/c24-19(14-6-2-1-3-7-14)23-11-5-9-16(13-23)18-22-21-17(25-18)15-8-4-10-20-12-15/h1-4,6-8,10,12,16H,5,9,11,13H2. The first-order valence-electron chi connectivity index (χ1n) is 8.39. The van der Waals surface area contributed by atoms with Crippen LogP contribution in [0, 0.1) is 0 Å². The Bertz CT molecular complexity index is 848. The average molecular weight is 334 g/mol. The van der Waals surface area contributed by atoms with Gasteiger partial charge in [0, 0.05) is 31.0 Å². The lowest BCUT2D eigenvalue weighted by atomic mass is 9.97. The van der Waals surface area contributed by atoms with Crippen molar-refractivity contribution < 1.29 is 9.21 Å². The van der Waals surface area contributed by atoms with E-state index in [1.54, 1.807) is 12.4 Å². The number of likely N-dealkylation sites (tertiary alicyclic amines) is 1. The summed E-state index contributed by atoms with van der Waals surface area (Å²) in [6.45, 7) is 1.36. The first-order valence-corrected chi connectivity index (χ1v) is 8.39. The molecule has 0 N–H and O–H groups in total. The minimum absolute atomic E-state index is 0.0531. The number of benzene rings is 1. The van der Waals surface area contributed by atoms with Crippen LogP contribution >= 0.6 is 0 Å². The van der Waals surface area contributed by atoms with E-state index in [-0.39, 0.29) is 11.8 Å². The molecular weight excluding hydrogens is 316 g/mol. The maximum Gasteiger partial charge on any atom is 0.253 e. The van der Waals surface area contributed by atoms with Crippen LogP contribution in [0.25, 0.3) is 11.5 Å². The highest BCUT2D eigenvalue weighted by Crippen LogP contribution is 2.28. The summed E-state index contributed by atoms with van der Waals surface area (Å²) in [6, 6.07) is 13.1. The van der Waals surface area contributed by atoms with E-state index in [9.17, 15) is 4.79 Å². The van der Waals surface area contributed by atoms with Gasteiger partial charge in [0.25, 0.3) is 5.91 Å². The van der Waals surface area contributed by atoms with Crippen molar-refractivity contribution in [1.29, 1.82) is 0 Å². The van der Waals surface area contributed by atoms with Crippen LogP contribution in [0.2, 0.25) is 0 Å². The van der Waals surface area contributed by atoms with Gasteiger partial charge in [-0.15, -0.1) is 10.2 Å². The van der Waals surface area contributed by atoms with Crippen molar-refractivity contribution in [2.45, 2.75) is 18.8 Å². The van der Waals surface area contributed by atoms with Crippen molar-refractivity contribution in [3.63, 3.8) is 0 Å². The molecule has 3 heterocycles. The number of rotatable bonds is 3. The van der Waals surface area contributed by atoms with Gasteiger partial charge in [0.05, 0.1) is 11.5 Å². The summed E-state index contributed by atoms with van der Waals surface area (Å²) in [6.07, 6.45) is 5.26. The van der Waals surface area contributed by atoms with Crippen LogP contribution in [0.1, 0.15) is 35.0 Å². The van der Waals surface area contributed by atoms with E-state index in [0.717, 1.165) is 24.9 Å². The highest BCUT2D eigenvalue weighted by molar-refractivity contribution is 5.94. The van der Waals surface area contributed by atoms with Crippen LogP contribution in [-0.4, -0.2) is 39.1 Å². The lowest BCUT2D eigenvalue weighted by molar-refractivity contribution is 0.0698. The van der Waals surface area contributed by atoms with Crippen LogP contribution in [0.3, 0.4) is 0 Å². The third-order valence-corrected chi connectivity index (χ3v) is 4.43. The topological polar surface area (TPSA) is 72.1 Å². The Morgan fingerprint density at radius 2 is 2.00 bits per heavy atom. The van der Waals surface area contributed by atoms with Crippen molar-refractivity contribution >= 4 is 5.91 Å². The predicted octanol–water partition coefficient (Wildman–Crippen LogP) is 3.15. The number of pyridine rings is 1. The van der Waals surface area contributed by atoms with Gasteiger partial charge in [-0.05, 0) is 37.1 Å². The molecule has 126 valence electrons. The molecule has 0 saturated carbocycles. The Labute approximate surface area is 145 Å². The zero-order valence-electron chi connectivity index (χ0n) is 13.7. The van der Waals surface area contributed by atoms with Crippen molar-refractivity contribution in [2.75, 3.05) is 13.1 Å². The van der Waals surface area contributed by atoms with Crippen molar-refractivity contribution in [3.8, 4) is 11.5 Å². The highest BCUT2D eigenvalue weighted by atomic mass is 16.4. The highest BCUT2D eigenvalue weighted by Gasteiger charge is 2.29. The molecule has 1 unspecified atom stereocenters. The van der Waals surface area contributed by atoms with Gasteiger partial charge in [-0.25, -0.2) is 0 Å². The zero-order chi connectivity index (χ0) is 17.1. The molecule has 4 rings (SSSR count). The molecule has 1 aliphatic rings.